The first-order chi connectivity index (χ1) is 15.7. The Morgan fingerprint density at radius 3 is 2.19 bits per heavy atom. The van der Waals surface area contributed by atoms with E-state index in [1.165, 1.54) is 11.3 Å². The van der Waals surface area contributed by atoms with Crippen molar-refractivity contribution in [2.45, 2.75) is 19.8 Å². The van der Waals surface area contributed by atoms with Crippen LogP contribution in [0.5, 0.6) is 5.75 Å². The van der Waals surface area contributed by atoms with E-state index in [9.17, 15) is 4.79 Å². The molecule has 0 radical (unpaired) electrons. The zero-order valence-corrected chi connectivity index (χ0v) is 19.0. The van der Waals surface area contributed by atoms with Gasteiger partial charge in [-0.3, -0.25) is 9.69 Å². The van der Waals surface area contributed by atoms with E-state index in [1.54, 1.807) is 12.0 Å². The minimum absolute atomic E-state index is 0.0597. The zero-order chi connectivity index (χ0) is 22.3. The number of nitrogens with zero attached hydrogens (tertiary/aromatic N) is 3. The molecule has 1 amide bonds. The molecule has 1 aromatic heterocycles. The third kappa shape index (κ3) is 4.86. The monoisotopic (exact) mass is 443 g/mol. The van der Waals surface area contributed by atoms with Gasteiger partial charge in [0.05, 0.1) is 7.11 Å². The van der Waals surface area contributed by atoms with Crippen molar-refractivity contribution < 1.29 is 9.53 Å². The minimum Gasteiger partial charge on any atom is -0.497 e. The maximum atomic E-state index is 13.4. The average Bonchev–Trinajstić information content (AvgIpc) is 3.35. The Bertz CT molecular complexity index is 1160. The lowest BCUT2D eigenvalue weighted by Gasteiger charge is -2.19. The Balaban J connectivity index is 1.58. The van der Waals surface area contributed by atoms with Crippen molar-refractivity contribution >= 4 is 22.4 Å². The van der Waals surface area contributed by atoms with Crippen molar-refractivity contribution in [3.05, 3.63) is 84.4 Å². The summed E-state index contributed by atoms with van der Waals surface area (Å²) < 4.78 is 5.22. The van der Waals surface area contributed by atoms with Gasteiger partial charge in [0.25, 0.3) is 5.91 Å². The summed E-state index contributed by atoms with van der Waals surface area (Å²) in [6.07, 6.45) is 1.88. The Labute approximate surface area is 192 Å². The highest BCUT2D eigenvalue weighted by Crippen LogP contribution is 2.31. The molecule has 162 valence electrons. The number of unbranched alkanes of at least 4 members (excludes halogenated alkanes) is 1. The van der Waals surface area contributed by atoms with Gasteiger partial charge in [-0.1, -0.05) is 67.1 Å². The average molecular weight is 444 g/mol. The summed E-state index contributed by atoms with van der Waals surface area (Å²) in [5, 5.41) is 10.1. The van der Waals surface area contributed by atoms with Gasteiger partial charge in [-0.2, -0.15) is 0 Å². The Kier molecular flexibility index (Phi) is 6.92. The molecular weight excluding hydrogens is 418 g/mol. The smallest absolute Gasteiger partial charge is 0.260 e. The van der Waals surface area contributed by atoms with Gasteiger partial charge in [-0.05, 0) is 53.9 Å². The number of carbonyl (C=O) groups excluding carboxylic acids is 1. The molecule has 4 rings (SSSR count). The van der Waals surface area contributed by atoms with Crippen LogP contribution in [-0.2, 0) is 0 Å². The lowest BCUT2D eigenvalue weighted by atomic mass is 10.0. The first kappa shape index (κ1) is 21.7. The molecular formula is C26H25N3O2S. The van der Waals surface area contributed by atoms with E-state index in [0.29, 0.717) is 17.2 Å². The van der Waals surface area contributed by atoms with Crippen molar-refractivity contribution in [2.24, 2.45) is 0 Å². The van der Waals surface area contributed by atoms with E-state index in [-0.39, 0.29) is 5.91 Å². The quantitative estimate of drug-likeness (QED) is 0.319. The number of carbonyl (C=O) groups is 1. The molecule has 32 heavy (non-hydrogen) atoms. The maximum absolute atomic E-state index is 13.4. The van der Waals surface area contributed by atoms with E-state index in [4.69, 9.17) is 4.74 Å². The fourth-order valence-corrected chi connectivity index (χ4v) is 4.24. The predicted molar refractivity (Wildman–Crippen MR) is 130 cm³/mol. The fourth-order valence-electron chi connectivity index (χ4n) is 3.37. The molecule has 3 aromatic carbocycles. The molecule has 0 atom stereocenters. The number of amides is 1. The maximum Gasteiger partial charge on any atom is 0.260 e. The third-order valence-electron chi connectivity index (χ3n) is 5.20. The number of methoxy groups -OCH3 is 1. The summed E-state index contributed by atoms with van der Waals surface area (Å²) in [5.74, 6) is 0.729. The van der Waals surface area contributed by atoms with E-state index < -0.39 is 0 Å². The zero-order valence-electron chi connectivity index (χ0n) is 18.2. The van der Waals surface area contributed by atoms with Crippen LogP contribution >= 0.6 is 11.3 Å². The summed E-state index contributed by atoms with van der Waals surface area (Å²) in [5.41, 5.74) is 3.80. The number of aromatic nitrogens is 2. The molecule has 0 bridgehead atoms. The van der Waals surface area contributed by atoms with Crippen LogP contribution in [0.15, 0.2) is 78.9 Å². The van der Waals surface area contributed by atoms with E-state index >= 15 is 0 Å². The number of anilines is 1. The largest absolute Gasteiger partial charge is 0.497 e. The SMILES string of the molecule is CCCCN(C(=O)c1ccc(-c2ccccc2)cc1)c1nnc(-c2ccc(OC)cc2)s1. The van der Waals surface area contributed by atoms with Crippen LogP contribution in [0.4, 0.5) is 5.13 Å². The van der Waals surface area contributed by atoms with Gasteiger partial charge in [0.2, 0.25) is 5.13 Å². The second-order valence-electron chi connectivity index (χ2n) is 7.37. The molecule has 0 saturated heterocycles. The van der Waals surface area contributed by atoms with Crippen molar-refractivity contribution in [1.82, 2.24) is 10.2 Å². The fraction of sp³-hybridized carbons (Fsp3) is 0.192. The van der Waals surface area contributed by atoms with Gasteiger partial charge in [-0.25, -0.2) is 0 Å². The van der Waals surface area contributed by atoms with Crippen molar-refractivity contribution in [3.63, 3.8) is 0 Å². The minimum atomic E-state index is -0.0597. The summed E-state index contributed by atoms with van der Waals surface area (Å²) in [7, 11) is 1.64. The molecule has 0 spiro atoms. The summed E-state index contributed by atoms with van der Waals surface area (Å²) in [6, 6.07) is 25.6. The number of hydrogen-bond donors (Lipinski definition) is 0. The molecule has 0 N–H and O–H groups in total. The van der Waals surface area contributed by atoms with Crippen LogP contribution in [0.25, 0.3) is 21.7 Å². The normalized spacial score (nSPS) is 10.7. The van der Waals surface area contributed by atoms with Gasteiger partial charge in [0, 0.05) is 17.7 Å². The topological polar surface area (TPSA) is 55.3 Å². The van der Waals surface area contributed by atoms with Crippen LogP contribution in [0.2, 0.25) is 0 Å². The molecule has 1 heterocycles. The highest BCUT2D eigenvalue weighted by Gasteiger charge is 2.21. The Morgan fingerprint density at radius 1 is 0.875 bits per heavy atom. The van der Waals surface area contributed by atoms with Crippen LogP contribution in [-0.4, -0.2) is 29.8 Å². The number of hydrogen-bond acceptors (Lipinski definition) is 5. The summed E-state index contributed by atoms with van der Waals surface area (Å²) in [4.78, 5) is 15.1. The summed E-state index contributed by atoms with van der Waals surface area (Å²) >= 11 is 1.42. The molecule has 4 aromatic rings. The molecule has 0 fully saturated rings. The highest BCUT2D eigenvalue weighted by molar-refractivity contribution is 7.18. The molecule has 0 aliphatic carbocycles. The Hall–Kier alpha value is -3.51. The second-order valence-corrected chi connectivity index (χ2v) is 8.33. The molecule has 0 aliphatic rings. The first-order valence-electron chi connectivity index (χ1n) is 10.6. The van der Waals surface area contributed by atoms with Gasteiger partial charge < -0.3 is 4.74 Å². The van der Waals surface area contributed by atoms with Crippen molar-refractivity contribution in [1.29, 1.82) is 0 Å². The van der Waals surface area contributed by atoms with Crippen LogP contribution in [0.1, 0.15) is 30.1 Å². The standard InChI is InChI=1S/C26H25N3O2S/c1-3-4-18-29(26-28-27-24(32-26)21-14-16-23(31-2)17-15-21)25(30)22-12-10-20(11-13-22)19-8-6-5-7-9-19/h5-17H,3-4,18H2,1-2H3. The number of benzene rings is 3. The third-order valence-corrected chi connectivity index (χ3v) is 6.20. The number of ether oxygens (including phenoxy) is 1. The molecule has 5 nitrogen and oxygen atoms in total. The molecule has 0 aliphatic heterocycles. The first-order valence-corrected chi connectivity index (χ1v) is 11.5. The molecule has 0 unspecified atom stereocenters. The van der Waals surface area contributed by atoms with Crippen LogP contribution in [0, 0.1) is 0 Å². The lowest BCUT2D eigenvalue weighted by Crippen LogP contribution is -2.31. The van der Waals surface area contributed by atoms with E-state index in [1.807, 2.05) is 66.7 Å². The van der Waals surface area contributed by atoms with Crippen molar-refractivity contribution in [3.8, 4) is 27.4 Å². The van der Waals surface area contributed by atoms with Crippen LogP contribution < -0.4 is 9.64 Å². The number of rotatable bonds is 8. The van der Waals surface area contributed by atoms with Gasteiger partial charge >= 0.3 is 0 Å². The molecule has 0 saturated carbocycles. The highest BCUT2D eigenvalue weighted by atomic mass is 32.1. The second kappa shape index (κ2) is 10.2. The summed E-state index contributed by atoms with van der Waals surface area (Å²) in [6.45, 7) is 2.72. The van der Waals surface area contributed by atoms with Gasteiger partial charge in [-0.15, -0.1) is 10.2 Å². The predicted octanol–water partition coefficient (Wildman–Crippen LogP) is 6.33. The van der Waals surface area contributed by atoms with E-state index in [2.05, 4.69) is 29.3 Å². The van der Waals surface area contributed by atoms with Crippen molar-refractivity contribution in [2.75, 3.05) is 18.6 Å². The van der Waals surface area contributed by atoms with E-state index in [0.717, 1.165) is 40.3 Å². The van der Waals surface area contributed by atoms with Gasteiger partial charge in [0.1, 0.15) is 10.8 Å². The Morgan fingerprint density at radius 2 is 1.53 bits per heavy atom. The lowest BCUT2D eigenvalue weighted by molar-refractivity contribution is 0.0986. The van der Waals surface area contributed by atoms with Crippen LogP contribution in [0.3, 0.4) is 0 Å². The van der Waals surface area contributed by atoms with Gasteiger partial charge in [0.15, 0.2) is 0 Å². The molecule has 6 heteroatoms.